The van der Waals surface area contributed by atoms with Gasteiger partial charge in [0.05, 0.1) is 0 Å². The first-order valence-corrected chi connectivity index (χ1v) is 41.2. The van der Waals surface area contributed by atoms with Crippen LogP contribution in [-0.4, -0.2) is 4.70 Å². The summed E-state index contributed by atoms with van der Waals surface area (Å²) in [7, 11) is 0. The molecule has 530 valence electrons. The molecule has 0 fully saturated rings. The molecule has 3 rings (SSSR count). The molecule has 1 aliphatic heterocycles. The Hall–Kier alpha value is -1.99. The first-order chi connectivity index (χ1) is 44.5. The molecule has 0 radical (unpaired) electrons. The van der Waals surface area contributed by atoms with Crippen molar-refractivity contribution in [2.75, 3.05) is 0 Å². The number of rotatable bonds is 64. The van der Waals surface area contributed by atoms with E-state index in [9.17, 15) is 5.53 Å². The van der Waals surface area contributed by atoms with Crippen molar-refractivity contribution in [3.8, 4) is 0 Å². The van der Waals surface area contributed by atoms with E-state index in [0.29, 0.717) is 0 Å². The molecule has 0 atom stereocenters. The van der Waals surface area contributed by atoms with Gasteiger partial charge in [-0.05, 0) is 73.9 Å². The number of unbranched alkanes of at least 4 members (excludes halogenated alkanes) is 56. The minimum Gasteiger partial charge on any atom is -0.493 e. The summed E-state index contributed by atoms with van der Waals surface area (Å²) in [6, 6.07) is 17.7. The molecule has 2 aromatic rings. The van der Waals surface area contributed by atoms with Gasteiger partial charge in [0.2, 0.25) is 11.4 Å². The fourth-order valence-corrected chi connectivity index (χ4v) is 13.6. The van der Waals surface area contributed by atoms with Crippen molar-refractivity contribution in [1.29, 1.82) is 0 Å². The zero-order valence-corrected chi connectivity index (χ0v) is 63.5. The number of hydrogen-bond acceptors (Lipinski definition) is 0. The predicted octanol–water partition coefficient (Wildman–Crippen LogP) is 31.9. The van der Waals surface area contributed by atoms with E-state index in [0.717, 1.165) is 73.9 Å². The van der Waals surface area contributed by atoms with Gasteiger partial charge in [-0.15, -0.1) is 0 Å². The fourth-order valence-electron chi connectivity index (χ4n) is 13.6. The minimum atomic E-state index is 0. The molecule has 1 heterocycles. The third-order valence-corrected chi connectivity index (χ3v) is 19.9. The molecule has 2 aromatic carbocycles. The van der Waals surface area contributed by atoms with Crippen LogP contribution in [0.4, 0.5) is 0 Å². The largest absolute Gasteiger partial charge is 2.00 e. The van der Waals surface area contributed by atoms with Crippen molar-refractivity contribution in [2.24, 2.45) is 0 Å². The second-order valence-electron chi connectivity index (χ2n) is 28.4. The predicted molar refractivity (Wildman–Crippen MR) is 409 cm³/mol. The van der Waals surface area contributed by atoms with Crippen LogP contribution < -0.4 is 0 Å². The van der Waals surface area contributed by atoms with Gasteiger partial charge in [0.15, 0.2) is 0 Å². The quantitative estimate of drug-likeness (QED) is 0.0273. The molecule has 3 heteroatoms. The van der Waals surface area contributed by atoms with E-state index >= 15 is 0 Å². The Morgan fingerprint density at radius 1 is 0.242 bits per heavy atom. The average Bonchev–Trinajstić information content (AvgIpc) is 1.64. The molecule has 0 aromatic heterocycles. The fraction of sp³-hybridized carbons (Fsp3) is 0.795. The number of benzene rings is 2. The molecule has 0 unspecified atom stereocenters. The van der Waals surface area contributed by atoms with Gasteiger partial charge in [-0.25, -0.2) is 4.70 Å². The molecule has 0 aliphatic carbocycles. The van der Waals surface area contributed by atoms with Gasteiger partial charge in [0.1, 0.15) is 0 Å². The number of hydrogen-bond donors (Lipinski definition) is 0. The van der Waals surface area contributed by atoms with Gasteiger partial charge in [0, 0.05) is 22.3 Å². The third kappa shape index (κ3) is 51.9. The molecule has 0 amide bonds. The van der Waals surface area contributed by atoms with Crippen molar-refractivity contribution in [2.45, 2.75) is 452 Å². The van der Waals surface area contributed by atoms with E-state index in [1.807, 2.05) is 0 Å². The number of allylic oxidation sites excluding steroid dienone is 2. The van der Waals surface area contributed by atoms with Gasteiger partial charge in [-0.1, -0.05) is 425 Å². The maximum absolute atomic E-state index is 11.8. The molecule has 0 saturated heterocycles. The summed E-state index contributed by atoms with van der Waals surface area (Å²) in [5.74, 6) is 0. The smallest absolute Gasteiger partial charge is 0.493 e. The van der Waals surface area contributed by atoms with Crippen LogP contribution in [0, 0.1) is 13.8 Å². The Morgan fingerprint density at radius 3 is 0.604 bits per heavy atom. The Labute approximate surface area is 582 Å². The molecule has 2 nitrogen and oxygen atoms in total. The molecule has 1 aliphatic rings. The molecule has 91 heavy (non-hydrogen) atoms. The monoisotopic (exact) mass is 1300 g/mol. The van der Waals surface area contributed by atoms with E-state index in [1.165, 1.54) is 387 Å². The van der Waals surface area contributed by atoms with Crippen molar-refractivity contribution >= 4 is 11.4 Å². The third-order valence-electron chi connectivity index (χ3n) is 19.9. The Balaban J connectivity index is 0.00000143. The Bertz CT molecular complexity index is 1770. The van der Waals surface area contributed by atoms with Crippen molar-refractivity contribution < 1.29 is 21.2 Å². The maximum Gasteiger partial charge on any atom is 2.00 e. The SMILES string of the molecule is CCCCCCCCCCCCCCCCC1=C(c2ccc(CC)cc2)[N+](=[N-])C(c2ccc(CC)cc2)=C1CCCC.[CH2-]CCCCCCCCCCCCCCCCCCCCCCC.[CH2-]CCCCCCCCCCCCCCCCCCCCCCC.[Ni+2]. The number of aryl methyl sites for hydroxylation is 2. The first kappa shape index (κ1) is 89.0. The van der Waals surface area contributed by atoms with Gasteiger partial charge in [-0.2, -0.15) is 12.8 Å². The summed E-state index contributed by atoms with van der Waals surface area (Å²) < 4.78 is 1.53. The first-order valence-electron chi connectivity index (χ1n) is 41.2. The minimum absolute atomic E-state index is 0. The van der Waals surface area contributed by atoms with E-state index in [4.69, 9.17) is 0 Å². The molecular formula is C88H158N2Ni. The van der Waals surface area contributed by atoms with Crippen LogP contribution in [0.5, 0.6) is 0 Å². The molecule has 0 spiro atoms. The second kappa shape index (κ2) is 70.8. The van der Waals surface area contributed by atoms with Crippen molar-refractivity contribution in [3.63, 3.8) is 0 Å². The van der Waals surface area contributed by atoms with E-state index in [-0.39, 0.29) is 16.5 Å². The Kier molecular flexibility index (Phi) is 69.3. The summed E-state index contributed by atoms with van der Waals surface area (Å²) in [6.07, 6.45) is 89.3. The molecule has 0 saturated carbocycles. The van der Waals surface area contributed by atoms with Gasteiger partial charge in [0.25, 0.3) is 0 Å². The summed E-state index contributed by atoms with van der Waals surface area (Å²) in [6.45, 7) is 21.4. The second-order valence-corrected chi connectivity index (χ2v) is 28.4. The standard InChI is InChI=1S/C40H60N2.2C24H49.Ni/c1-5-9-11-12-13-14-15-16-17-18-19-20-21-22-24-38-37(23-10-6-2)39(35-29-25-33(7-3)26-30-35)42(41)40(38)36-31-27-34(8-4)28-32-36;2*1-3-5-7-9-11-13-15-17-19-21-23-24-22-20-18-16-14-12-10-8-6-4-2;/h25-32H,5-24H2,1-4H3;2*1,3-24H2,2H3;/q;2*-1;+2. The molecule has 0 bridgehead atoms. The van der Waals surface area contributed by atoms with Gasteiger partial charge in [-0.3, -0.25) is 0 Å². The van der Waals surface area contributed by atoms with Crippen LogP contribution >= 0.6 is 0 Å². The van der Waals surface area contributed by atoms with Crippen LogP contribution in [0.2, 0.25) is 0 Å². The van der Waals surface area contributed by atoms with E-state index in [2.05, 4.69) is 104 Å². The number of nitrogens with zero attached hydrogens (tertiary/aromatic N) is 2. The topological polar surface area (TPSA) is 25.3 Å². The van der Waals surface area contributed by atoms with Crippen LogP contribution in [-0.2, 0) is 29.3 Å². The summed E-state index contributed by atoms with van der Waals surface area (Å²) >= 11 is 0. The summed E-state index contributed by atoms with van der Waals surface area (Å²) in [4.78, 5) is 0. The molecule has 0 N–H and O–H groups in total. The Morgan fingerprint density at radius 2 is 0.418 bits per heavy atom. The van der Waals surface area contributed by atoms with Gasteiger partial charge >= 0.3 is 16.5 Å². The van der Waals surface area contributed by atoms with Crippen LogP contribution in [0.3, 0.4) is 0 Å². The van der Waals surface area contributed by atoms with Crippen molar-refractivity contribution in [1.82, 2.24) is 0 Å². The van der Waals surface area contributed by atoms with E-state index in [1.54, 1.807) is 0 Å². The summed E-state index contributed by atoms with van der Waals surface area (Å²) in [5.41, 5.74) is 21.4. The van der Waals surface area contributed by atoms with Crippen LogP contribution in [0.25, 0.3) is 16.9 Å². The summed E-state index contributed by atoms with van der Waals surface area (Å²) in [5, 5.41) is 0. The van der Waals surface area contributed by atoms with Crippen LogP contribution in [0.15, 0.2) is 59.7 Å². The zero-order valence-electron chi connectivity index (χ0n) is 62.5. The normalized spacial score (nSPS) is 12.2. The van der Waals surface area contributed by atoms with Gasteiger partial charge < -0.3 is 19.4 Å². The van der Waals surface area contributed by atoms with E-state index < -0.39 is 0 Å². The average molecular weight is 1300 g/mol. The molecular weight excluding hydrogens is 1140 g/mol. The zero-order chi connectivity index (χ0) is 65.1. The van der Waals surface area contributed by atoms with Crippen LogP contribution in [0.1, 0.15) is 462 Å². The van der Waals surface area contributed by atoms with Crippen molar-refractivity contribution in [3.05, 3.63) is 101 Å². The maximum atomic E-state index is 11.8.